The van der Waals surface area contributed by atoms with Crippen LogP contribution in [0.3, 0.4) is 0 Å². The molecule has 1 atom stereocenters. The Morgan fingerprint density at radius 3 is 2.88 bits per heavy atom. The molecule has 1 heterocycles. The number of rotatable bonds is 8. The van der Waals surface area contributed by atoms with E-state index in [1.807, 2.05) is 24.3 Å². The van der Waals surface area contributed by atoms with Crippen LogP contribution >= 0.6 is 0 Å². The van der Waals surface area contributed by atoms with E-state index in [-0.39, 0.29) is 18.0 Å². The lowest BCUT2D eigenvalue weighted by Gasteiger charge is -2.17. The van der Waals surface area contributed by atoms with Crippen molar-refractivity contribution in [2.24, 2.45) is 5.92 Å². The Kier molecular flexibility index (Phi) is 7.75. The molecule has 3 amide bonds. The molecule has 0 saturated carbocycles. The second kappa shape index (κ2) is 10.0. The summed E-state index contributed by atoms with van der Waals surface area (Å²) in [6.07, 6.45) is 2.61. The first kappa shape index (κ1) is 20.1. The summed E-state index contributed by atoms with van der Waals surface area (Å²) in [6, 6.07) is 8.04. The highest BCUT2D eigenvalue weighted by Crippen LogP contribution is 2.15. The fourth-order valence-electron chi connectivity index (χ4n) is 2.98. The summed E-state index contributed by atoms with van der Waals surface area (Å²) in [7, 11) is 0. The van der Waals surface area contributed by atoms with Crippen molar-refractivity contribution in [1.82, 2.24) is 15.5 Å². The number of nitrogens with one attached hydrogen (secondary N) is 2. The van der Waals surface area contributed by atoms with Gasteiger partial charge in [0.15, 0.2) is 0 Å². The smallest absolute Gasteiger partial charge is 0.317 e. The van der Waals surface area contributed by atoms with E-state index >= 15 is 0 Å². The molecule has 1 aromatic carbocycles. The molecular formula is C20H31N3O3. The molecule has 144 valence electrons. The molecule has 1 aromatic rings. The number of carbonyl (C=O) groups is 2. The summed E-state index contributed by atoms with van der Waals surface area (Å²) in [6.45, 7) is 8.42. The number of hydrogen-bond donors (Lipinski definition) is 2. The fraction of sp³-hybridized carbons (Fsp3) is 0.600. The summed E-state index contributed by atoms with van der Waals surface area (Å²) in [5.41, 5.74) is 1.14. The van der Waals surface area contributed by atoms with Gasteiger partial charge in [-0.1, -0.05) is 26.0 Å². The minimum Gasteiger partial charge on any atom is -0.494 e. The van der Waals surface area contributed by atoms with E-state index in [4.69, 9.17) is 4.74 Å². The molecule has 6 heteroatoms. The van der Waals surface area contributed by atoms with Crippen LogP contribution < -0.4 is 15.4 Å². The topological polar surface area (TPSA) is 70.7 Å². The lowest BCUT2D eigenvalue weighted by molar-refractivity contribution is -0.119. The molecule has 0 aliphatic carbocycles. The third-order valence-corrected chi connectivity index (χ3v) is 4.44. The van der Waals surface area contributed by atoms with E-state index in [0.717, 1.165) is 37.2 Å². The Balaban J connectivity index is 1.70. The van der Waals surface area contributed by atoms with Crippen LogP contribution in [0.2, 0.25) is 0 Å². The lowest BCUT2D eigenvalue weighted by atomic mass is 10.1. The number of hydrogen-bond acceptors (Lipinski definition) is 3. The molecule has 1 saturated heterocycles. The van der Waals surface area contributed by atoms with E-state index in [1.54, 1.807) is 4.90 Å². The number of ether oxygens (including phenoxy) is 1. The van der Waals surface area contributed by atoms with Crippen LogP contribution in [0.15, 0.2) is 24.3 Å². The van der Waals surface area contributed by atoms with Crippen molar-refractivity contribution in [3.63, 3.8) is 0 Å². The first-order valence-electron chi connectivity index (χ1n) is 9.45. The summed E-state index contributed by atoms with van der Waals surface area (Å²) in [5, 5.41) is 5.82. The van der Waals surface area contributed by atoms with Crippen LogP contribution in [0.25, 0.3) is 0 Å². The molecule has 2 rings (SSSR count). The fourth-order valence-corrected chi connectivity index (χ4v) is 2.98. The average molecular weight is 361 g/mol. The average Bonchev–Trinajstić information content (AvgIpc) is 3.02. The summed E-state index contributed by atoms with van der Waals surface area (Å²) in [5.74, 6) is 1.46. The lowest BCUT2D eigenvalue weighted by Crippen LogP contribution is -2.42. The predicted octanol–water partition coefficient (Wildman–Crippen LogP) is 2.57. The zero-order valence-corrected chi connectivity index (χ0v) is 16.1. The number of urea groups is 1. The molecule has 6 nitrogen and oxygen atoms in total. The number of amides is 3. The Hall–Kier alpha value is -2.24. The van der Waals surface area contributed by atoms with Gasteiger partial charge in [-0.05, 0) is 42.9 Å². The molecule has 0 spiro atoms. The SMILES string of the molecule is CC(=O)N[C@H]1CCN(C(=O)NCCc2cccc(OCCC(C)C)c2)C1. The third kappa shape index (κ3) is 6.94. The molecule has 1 aliphatic rings. The van der Waals surface area contributed by atoms with E-state index in [9.17, 15) is 9.59 Å². The van der Waals surface area contributed by atoms with Crippen molar-refractivity contribution >= 4 is 11.9 Å². The molecule has 0 bridgehead atoms. The van der Waals surface area contributed by atoms with E-state index in [0.29, 0.717) is 25.6 Å². The third-order valence-electron chi connectivity index (χ3n) is 4.44. The maximum absolute atomic E-state index is 12.2. The van der Waals surface area contributed by atoms with Gasteiger partial charge in [-0.3, -0.25) is 4.79 Å². The molecule has 26 heavy (non-hydrogen) atoms. The van der Waals surface area contributed by atoms with Gasteiger partial charge in [0, 0.05) is 32.6 Å². The first-order valence-corrected chi connectivity index (χ1v) is 9.45. The Labute approximate surface area is 156 Å². The van der Waals surface area contributed by atoms with Crippen molar-refractivity contribution in [2.45, 2.75) is 46.1 Å². The van der Waals surface area contributed by atoms with Gasteiger partial charge < -0.3 is 20.3 Å². The highest BCUT2D eigenvalue weighted by atomic mass is 16.5. The zero-order valence-electron chi connectivity index (χ0n) is 16.1. The van der Waals surface area contributed by atoms with Crippen molar-refractivity contribution in [3.05, 3.63) is 29.8 Å². The van der Waals surface area contributed by atoms with Gasteiger partial charge >= 0.3 is 6.03 Å². The quantitative estimate of drug-likeness (QED) is 0.748. The van der Waals surface area contributed by atoms with Crippen molar-refractivity contribution in [1.29, 1.82) is 0 Å². The highest BCUT2D eigenvalue weighted by molar-refractivity contribution is 5.75. The van der Waals surface area contributed by atoms with Gasteiger partial charge in [0.1, 0.15) is 5.75 Å². The molecule has 2 N–H and O–H groups in total. The summed E-state index contributed by atoms with van der Waals surface area (Å²) in [4.78, 5) is 25.1. The van der Waals surface area contributed by atoms with Gasteiger partial charge in [0.25, 0.3) is 0 Å². The number of benzene rings is 1. The van der Waals surface area contributed by atoms with Crippen LogP contribution in [0.1, 0.15) is 39.2 Å². The molecule has 0 radical (unpaired) electrons. The summed E-state index contributed by atoms with van der Waals surface area (Å²) < 4.78 is 5.78. The molecule has 0 unspecified atom stereocenters. The molecule has 0 aromatic heterocycles. The zero-order chi connectivity index (χ0) is 18.9. The Morgan fingerprint density at radius 2 is 2.15 bits per heavy atom. The van der Waals surface area contributed by atoms with Crippen molar-refractivity contribution in [3.8, 4) is 5.75 Å². The maximum atomic E-state index is 12.2. The Morgan fingerprint density at radius 1 is 1.35 bits per heavy atom. The molecular weight excluding hydrogens is 330 g/mol. The number of carbonyl (C=O) groups excluding carboxylic acids is 2. The number of likely N-dealkylation sites (tertiary alicyclic amines) is 1. The molecule has 1 aliphatic heterocycles. The van der Waals surface area contributed by atoms with E-state index < -0.39 is 0 Å². The van der Waals surface area contributed by atoms with Gasteiger partial charge in [0.2, 0.25) is 5.91 Å². The van der Waals surface area contributed by atoms with Crippen LogP contribution in [-0.4, -0.2) is 49.1 Å². The summed E-state index contributed by atoms with van der Waals surface area (Å²) >= 11 is 0. The van der Waals surface area contributed by atoms with Gasteiger partial charge in [-0.2, -0.15) is 0 Å². The van der Waals surface area contributed by atoms with Crippen LogP contribution in [0, 0.1) is 5.92 Å². The second-order valence-electron chi connectivity index (χ2n) is 7.29. The largest absolute Gasteiger partial charge is 0.494 e. The second-order valence-corrected chi connectivity index (χ2v) is 7.29. The van der Waals surface area contributed by atoms with E-state index in [2.05, 4.69) is 24.5 Å². The Bertz CT molecular complexity index is 604. The maximum Gasteiger partial charge on any atom is 0.317 e. The standard InChI is InChI=1S/C20H31N3O3/c1-15(2)9-12-26-19-6-4-5-17(13-19)7-10-21-20(25)23-11-8-18(14-23)22-16(3)24/h4-6,13,15,18H,7-12,14H2,1-3H3,(H,21,25)(H,22,24)/t18-/m0/s1. The predicted molar refractivity (Wildman–Crippen MR) is 102 cm³/mol. The van der Waals surface area contributed by atoms with Gasteiger partial charge in [0.05, 0.1) is 6.61 Å². The molecule has 1 fully saturated rings. The minimum absolute atomic E-state index is 0.0484. The minimum atomic E-state index is -0.0674. The normalized spacial score (nSPS) is 16.6. The first-order chi connectivity index (χ1) is 12.4. The van der Waals surface area contributed by atoms with Crippen molar-refractivity contribution in [2.75, 3.05) is 26.2 Å². The monoisotopic (exact) mass is 361 g/mol. The van der Waals surface area contributed by atoms with E-state index in [1.165, 1.54) is 6.92 Å². The van der Waals surface area contributed by atoms with Gasteiger partial charge in [-0.15, -0.1) is 0 Å². The number of nitrogens with zero attached hydrogens (tertiary/aromatic N) is 1. The highest BCUT2D eigenvalue weighted by Gasteiger charge is 2.26. The van der Waals surface area contributed by atoms with Crippen LogP contribution in [0.4, 0.5) is 4.79 Å². The van der Waals surface area contributed by atoms with Crippen LogP contribution in [0.5, 0.6) is 5.75 Å². The van der Waals surface area contributed by atoms with Crippen molar-refractivity contribution < 1.29 is 14.3 Å². The van der Waals surface area contributed by atoms with Crippen LogP contribution in [-0.2, 0) is 11.2 Å². The van der Waals surface area contributed by atoms with Gasteiger partial charge in [-0.25, -0.2) is 4.79 Å².